The molecular weight excluding hydrogens is 356 g/mol. The van der Waals surface area contributed by atoms with Crippen LogP contribution in [0.25, 0.3) is 11.0 Å². The number of aromatic amines is 2. The molecule has 1 unspecified atom stereocenters. The van der Waals surface area contributed by atoms with Gasteiger partial charge in [0.15, 0.2) is 0 Å². The molecule has 1 aliphatic rings. The summed E-state index contributed by atoms with van der Waals surface area (Å²) in [5.74, 6) is 0. The maximum atomic E-state index is 13.2. The summed E-state index contributed by atoms with van der Waals surface area (Å²) in [4.78, 5) is 31.9. The number of hydrogen-bond donors (Lipinski definition) is 2. The van der Waals surface area contributed by atoms with E-state index in [-0.39, 0.29) is 16.5 Å². The topological polar surface area (TPSA) is 116 Å². The van der Waals surface area contributed by atoms with Crippen molar-refractivity contribution in [2.24, 2.45) is 0 Å². The monoisotopic (exact) mass is 372 g/mol. The maximum Gasteiger partial charge on any atom is 0.314 e. The number of sulfonamides is 1. The van der Waals surface area contributed by atoms with Gasteiger partial charge in [-0.25, -0.2) is 8.42 Å². The first-order chi connectivity index (χ1) is 12.5. The third kappa shape index (κ3) is 2.74. The van der Waals surface area contributed by atoms with Gasteiger partial charge in [-0.05, 0) is 42.7 Å². The number of pyridine rings is 1. The van der Waals surface area contributed by atoms with E-state index in [0.717, 1.165) is 18.4 Å². The summed E-state index contributed by atoms with van der Waals surface area (Å²) in [5, 5.41) is 0. The van der Waals surface area contributed by atoms with Crippen molar-refractivity contribution in [3.8, 4) is 0 Å². The van der Waals surface area contributed by atoms with Crippen LogP contribution < -0.4 is 11.1 Å². The minimum absolute atomic E-state index is 0.0727. The smallest absolute Gasteiger partial charge is 0.314 e. The number of nitrogens with zero attached hydrogens (tertiary/aromatic N) is 2. The standard InChI is InChI=1S/C17H16N4O4S/c22-16-17(23)20-14-9-12(5-6-13(14)19-16)26(24,25)21-8-2-4-15(21)11-3-1-7-18-10-11/h1,3,5-7,9-10,15H,2,4,8H2,(H,19,22)(H,20,23). The highest BCUT2D eigenvalue weighted by molar-refractivity contribution is 7.89. The van der Waals surface area contributed by atoms with Gasteiger partial charge in [-0.3, -0.25) is 14.6 Å². The van der Waals surface area contributed by atoms with Crippen molar-refractivity contribution in [2.45, 2.75) is 23.8 Å². The molecule has 8 nitrogen and oxygen atoms in total. The van der Waals surface area contributed by atoms with Gasteiger partial charge in [0.25, 0.3) is 0 Å². The molecule has 0 aliphatic carbocycles. The molecule has 0 amide bonds. The molecule has 0 bridgehead atoms. The van der Waals surface area contributed by atoms with Gasteiger partial charge in [-0.15, -0.1) is 0 Å². The van der Waals surface area contributed by atoms with Crippen LogP contribution in [0.1, 0.15) is 24.4 Å². The third-order valence-electron chi connectivity index (χ3n) is 4.57. The average Bonchev–Trinajstić information content (AvgIpc) is 3.14. The first-order valence-corrected chi connectivity index (χ1v) is 9.59. The van der Waals surface area contributed by atoms with E-state index < -0.39 is 21.1 Å². The fourth-order valence-electron chi connectivity index (χ4n) is 3.32. The van der Waals surface area contributed by atoms with Crippen LogP contribution in [-0.4, -0.2) is 34.2 Å². The number of nitrogens with one attached hydrogen (secondary N) is 2. The first kappa shape index (κ1) is 16.7. The number of fused-ring (bicyclic) bond motifs is 1. The van der Waals surface area contributed by atoms with Crippen LogP contribution in [0.2, 0.25) is 0 Å². The molecule has 26 heavy (non-hydrogen) atoms. The summed E-state index contributed by atoms with van der Waals surface area (Å²) in [6, 6.07) is 7.68. The minimum atomic E-state index is -3.76. The van der Waals surface area contributed by atoms with Crippen LogP contribution in [0.3, 0.4) is 0 Å². The van der Waals surface area contributed by atoms with Crippen LogP contribution in [-0.2, 0) is 10.0 Å². The Morgan fingerprint density at radius 3 is 2.58 bits per heavy atom. The fourth-order valence-corrected chi connectivity index (χ4v) is 5.03. The molecule has 3 heterocycles. The molecule has 4 rings (SSSR count). The van der Waals surface area contributed by atoms with Crippen LogP contribution in [0.4, 0.5) is 0 Å². The molecule has 1 fully saturated rings. The highest BCUT2D eigenvalue weighted by atomic mass is 32.2. The Hall–Kier alpha value is -2.78. The van der Waals surface area contributed by atoms with Crippen LogP contribution in [0.5, 0.6) is 0 Å². The quantitative estimate of drug-likeness (QED) is 0.669. The van der Waals surface area contributed by atoms with E-state index in [2.05, 4.69) is 15.0 Å². The minimum Gasteiger partial charge on any atom is -0.316 e. The molecule has 0 saturated carbocycles. The summed E-state index contributed by atoms with van der Waals surface area (Å²) < 4.78 is 27.8. The summed E-state index contributed by atoms with van der Waals surface area (Å²) in [5.41, 5.74) is -0.0931. The summed E-state index contributed by atoms with van der Waals surface area (Å²) in [7, 11) is -3.76. The fraction of sp³-hybridized carbons (Fsp3) is 0.235. The Kier molecular flexibility index (Phi) is 3.97. The van der Waals surface area contributed by atoms with E-state index in [1.54, 1.807) is 18.5 Å². The Morgan fingerprint density at radius 2 is 1.85 bits per heavy atom. The number of hydrogen-bond acceptors (Lipinski definition) is 5. The largest absolute Gasteiger partial charge is 0.316 e. The zero-order chi connectivity index (χ0) is 18.3. The molecule has 1 saturated heterocycles. The Bertz CT molecular complexity index is 1180. The molecular formula is C17H16N4O4S. The van der Waals surface area contributed by atoms with E-state index in [1.807, 2.05) is 6.07 Å². The lowest BCUT2D eigenvalue weighted by Crippen LogP contribution is -2.31. The maximum absolute atomic E-state index is 13.2. The lowest BCUT2D eigenvalue weighted by molar-refractivity contribution is 0.396. The summed E-state index contributed by atoms with van der Waals surface area (Å²) in [6.07, 6.45) is 4.82. The molecule has 134 valence electrons. The zero-order valence-electron chi connectivity index (χ0n) is 13.7. The van der Waals surface area contributed by atoms with Crippen molar-refractivity contribution in [1.29, 1.82) is 0 Å². The van der Waals surface area contributed by atoms with Gasteiger partial charge in [0, 0.05) is 18.9 Å². The molecule has 3 aromatic rings. The molecule has 0 spiro atoms. The van der Waals surface area contributed by atoms with Crippen LogP contribution in [0, 0.1) is 0 Å². The van der Waals surface area contributed by atoms with E-state index in [9.17, 15) is 18.0 Å². The lowest BCUT2D eigenvalue weighted by atomic mass is 10.1. The normalized spacial score (nSPS) is 18.4. The van der Waals surface area contributed by atoms with Gasteiger partial charge in [0.1, 0.15) is 0 Å². The molecule has 2 N–H and O–H groups in total. The molecule has 0 radical (unpaired) electrons. The van der Waals surface area contributed by atoms with Crippen molar-refractivity contribution < 1.29 is 8.42 Å². The Balaban J connectivity index is 1.78. The van der Waals surface area contributed by atoms with Gasteiger partial charge in [-0.1, -0.05) is 6.07 Å². The molecule has 1 aromatic carbocycles. The van der Waals surface area contributed by atoms with E-state index in [1.165, 1.54) is 22.5 Å². The van der Waals surface area contributed by atoms with Gasteiger partial charge < -0.3 is 9.97 Å². The number of rotatable bonds is 3. The van der Waals surface area contributed by atoms with Crippen LogP contribution >= 0.6 is 0 Å². The second-order valence-electron chi connectivity index (χ2n) is 6.18. The third-order valence-corrected chi connectivity index (χ3v) is 6.48. The zero-order valence-corrected chi connectivity index (χ0v) is 14.5. The summed E-state index contributed by atoms with van der Waals surface area (Å²) >= 11 is 0. The van der Waals surface area contributed by atoms with E-state index in [4.69, 9.17) is 0 Å². The molecule has 1 aliphatic heterocycles. The Labute approximate surface area is 148 Å². The Morgan fingerprint density at radius 1 is 1.08 bits per heavy atom. The second-order valence-corrected chi connectivity index (χ2v) is 8.07. The van der Waals surface area contributed by atoms with Crippen molar-refractivity contribution >= 4 is 21.1 Å². The predicted molar refractivity (Wildman–Crippen MR) is 95.3 cm³/mol. The van der Waals surface area contributed by atoms with E-state index >= 15 is 0 Å². The number of aromatic nitrogens is 3. The van der Waals surface area contributed by atoms with Crippen molar-refractivity contribution in [3.63, 3.8) is 0 Å². The lowest BCUT2D eigenvalue weighted by Gasteiger charge is -2.24. The van der Waals surface area contributed by atoms with Crippen LogP contribution in [0.15, 0.2) is 57.2 Å². The highest BCUT2D eigenvalue weighted by Crippen LogP contribution is 2.36. The SMILES string of the molecule is O=c1[nH]c2ccc(S(=O)(=O)N3CCCC3c3cccnc3)cc2[nH]c1=O. The molecule has 2 aromatic heterocycles. The van der Waals surface area contributed by atoms with Crippen molar-refractivity contribution in [1.82, 2.24) is 19.3 Å². The first-order valence-electron chi connectivity index (χ1n) is 8.15. The highest BCUT2D eigenvalue weighted by Gasteiger charge is 2.36. The molecule has 9 heteroatoms. The van der Waals surface area contributed by atoms with Crippen molar-refractivity contribution in [3.05, 3.63) is 69.0 Å². The van der Waals surface area contributed by atoms with Gasteiger partial charge >= 0.3 is 11.1 Å². The number of H-pyrrole nitrogens is 2. The van der Waals surface area contributed by atoms with Gasteiger partial charge in [-0.2, -0.15) is 4.31 Å². The van der Waals surface area contributed by atoms with Crippen molar-refractivity contribution in [2.75, 3.05) is 6.54 Å². The second kappa shape index (κ2) is 6.19. The molecule has 1 atom stereocenters. The number of benzene rings is 1. The predicted octanol–water partition coefficient (Wildman–Crippen LogP) is 1.14. The van der Waals surface area contributed by atoms with E-state index in [0.29, 0.717) is 12.1 Å². The summed E-state index contributed by atoms with van der Waals surface area (Å²) in [6.45, 7) is 0.419. The average molecular weight is 372 g/mol. The van der Waals surface area contributed by atoms with Gasteiger partial charge in [0.2, 0.25) is 10.0 Å². The van der Waals surface area contributed by atoms with Gasteiger partial charge in [0.05, 0.1) is 22.0 Å².